The first-order valence-electron chi connectivity index (χ1n) is 7.36. The van der Waals surface area contributed by atoms with Gasteiger partial charge in [0.1, 0.15) is 0 Å². The molecule has 0 bridgehead atoms. The van der Waals surface area contributed by atoms with Crippen molar-refractivity contribution in [2.75, 3.05) is 32.7 Å². The van der Waals surface area contributed by atoms with Gasteiger partial charge < -0.3 is 20.1 Å². The summed E-state index contributed by atoms with van der Waals surface area (Å²) in [7, 11) is 3.00. The van der Waals surface area contributed by atoms with Crippen LogP contribution in [0.4, 0.5) is 5.69 Å². The summed E-state index contributed by atoms with van der Waals surface area (Å²) < 4.78 is 11.5. The normalized spacial score (nSPS) is 10.2. The number of thiocarbonyl (C=S) groups is 1. The molecule has 0 unspecified atom stereocenters. The second-order valence-electron chi connectivity index (χ2n) is 4.95. The van der Waals surface area contributed by atoms with E-state index in [1.165, 1.54) is 7.11 Å². The van der Waals surface area contributed by atoms with E-state index in [2.05, 4.69) is 15.7 Å². The van der Waals surface area contributed by atoms with Crippen molar-refractivity contribution in [2.45, 2.75) is 6.54 Å². The van der Waals surface area contributed by atoms with E-state index in [4.69, 9.17) is 21.7 Å². The van der Waals surface area contributed by atoms with Crippen LogP contribution in [0.5, 0.6) is 0 Å². The lowest BCUT2D eigenvalue weighted by atomic mass is 10.1. The molecule has 0 aliphatic carbocycles. The number of hydrogen-bond acceptors (Lipinski definition) is 5. The Labute approximate surface area is 145 Å². The second-order valence-corrected chi connectivity index (χ2v) is 5.36. The summed E-state index contributed by atoms with van der Waals surface area (Å²) in [5.74, 6) is -0.361. The van der Waals surface area contributed by atoms with Crippen LogP contribution in [0, 0.1) is 0 Å². The summed E-state index contributed by atoms with van der Waals surface area (Å²) in [6, 6.07) is 7.28. The number of carbonyl (C=O) groups is 1. The third-order valence-electron chi connectivity index (χ3n) is 3.24. The maximum absolute atomic E-state index is 11.8. The summed E-state index contributed by atoms with van der Waals surface area (Å²) in [4.78, 5) is 11.8. The van der Waals surface area contributed by atoms with E-state index in [-0.39, 0.29) is 5.97 Å². The summed E-state index contributed by atoms with van der Waals surface area (Å²) >= 11 is 5.18. The number of hydrogen-bond donors (Lipinski definition) is 2. The lowest BCUT2D eigenvalue weighted by Crippen LogP contribution is -2.30. The van der Waals surface area contributed by atoms with E-state index < -0.39 is 0 Å². The van der Waals surface area contributed by atoms with Crippen molar-refractivity contribution in [3.8, 4) is 0 Å². The average Bonchev–Trinajstić information content (AvgIpc) is 3.01. The number of ether oxygens (including phenoxy) is 2. The number of nitrogens with zero attached hydrogens (tertiary/aromatic N) is 2. The zero-order valence-electron chi connectivity index (χ0n) is 13.6. The number of rotatable bonds is 7. The van der Waals surface area contributed by atoms with E-state index in [0.29, 0.717) is 30.4 Å². The standard InChI is InChI=1S/C16H20N4O3S/c1-22-8-7-17-16(24)19-13-9-18-20(11-13)10-12-5-3-4-6-14(12)15(21)23-2/h3-6,9,11H,7-8,10H2,1-2H3,(H2,17,19,24). The number of carbonyl (C=O) groups excluding carboxylic acids is 1. The molecule has 8 heteroatoms. The molecule has 0 radical (unpaired) electrons. The van der Waals surface area contributed by atoms with Crippen LogP contribution in [0.1, 0.15) is 15.9 Å². The minimum Gasteiger partial charge on any atom is -0.465 e. The molecule has 7 nitrogen and oxygen atoms in total. The van der Waals surface area contributed by atoms with Crippen LogP contribution < -0.4 is 10.6 Å². The SMILES string of the molecule is COCCNC(=S)Nc1cnn(Cc2ccccc2C(=O)OC)c1. The van der Waals surface area contributed by atoms with Gasteiger partial charge >= 0.3 is 5.97 Å². The fraction of sp³-hybridized carbons (Fsp3) is 0.312. The Morgan fingerprint density at radius 3 is 2.88 bits per heavy atom. The molecule has 24 heavy (non-hydrogen) atoms. The molecule has 0 aliphatic heterocycles. The number of methoxy groups -OCH3 is 2. The van der Waals surface area contributed by atoms with Crippen molar-refractivity contribution in [3.05, 3.63) is 47.8 Å². The van der Waals surface area contributed by atoms with Crippen molar-refractivity contribution < 1.29 is 14.3 Å². The largest absolute Gasteiger partial charge is 0.465 e. The van der Waals surface area contributed by atoms with Gasteiger partial charge in [0.25, 0.3) is 0 Å². The maximum atomic E-state index is 11.8. The highest BCUT2D eigenvalue weighted by Crippen LogP contribution is 2.13. The molecule has 0 spiro atoms. The van der Waals surface area contributed by atoms with Gasteiger partial charge in [-0.2, -0.15) is 5.10 Å². The highest BCUT2D eigenvalue weighted by atomic mass is 32.1. The zero-order chi connectivity index (χ0) is 17.4. The van der Waals surface area contributed by atoms with Gasteiger partial charge in [-0.25, -0.2) is 4.79 Å². The van der Waals surface area contributed by atoms with Crippen LogP contribution in [0.3, 0.4) is 0 Å². The highest BCUT2D eigenvalue weighted by Gasteiger charge is 2.11. The van der Waals surface area contributed by atoms with Gasteiger partial charge in [-0.1, -0.05) is 18.2 Å². The van der Waals surface area contributed by atoms with Crippen LogP contribution >= 0.6 is 12.2 Å². The lowest BCUT2D eigenvalue weighted by molar-refractivity contribution is 0.0599. The highest BCUT2D eigenvalue weighted by molar-refractivity contribution is 7.80. The molecule has 0 saturated carbocycles. The van der Waals surface area contributed by atoms with Crippen molar-refractivity contribution in [3.63, 3.8) is 0 Å². The van der Waals surface area contributed by atoms with Crippen LogP contribution in [0.15, 0.2) is 36.7 Å². The number of benzene rings is 1. The Kier molecular flexibility index (Phi) is 6.71. The molecule has 0 fully saturated rings. The van der Waals surface area contributed by atoms with Gasteiger partial charge in [0.2, 0.25) is 0 Å². The van der Waals surface area contributed by atoms with Gasteiger partial charge in [0, 0.05) is 19.9 Å². The molecule has 0 aliphatic rings. The van der Waals surface area contributed by atoms with Gasteiger partial charge in [-0.05, 0) is 23.8 Å². The number of esters is 1. The number of aromatic nitrogens is 2. The van der Waals surface area contributed by atoms with Crippen molar-refractivity contribution in [1.29, 1.82) is 0 Å². The van der Waals surface area contributed by atoms with Crippen molar-refractivity contribution >= 4 is 29.0 Å². The molecule has 0 atom stereocenters. The van der Waals surface area contributed by atoms with Gasteiger partial charge in [-0.15, -0.1) is 0 Å². The number of anilines is 1. The van der Waals surface area contributed by atoms with E-state index in [0.717, 1.165) is 11.3 Å². The van der Waals surface area contributed by atoms with Crippen LogP contribution in [0.2, 0.25) is 0 Å². The molecular weight excluding hydrogens is 328 g/mol. The fourth-order valence-electron chi connectivity index (χ4n) is 2.10. The van der Waals surface area contributed by atoms with Crippen molar-refractivity contribution in [1.82, 2.24) is 15.1 Å². The summed E-state index contributed by atoms with van der Waals surface area (Å²) in [5, 5.41) is 10.8. The molecule has 2 N–H and O–H groups in total. The molecule has 1 heterocycles. The minimum atomic E-state index is -0.361. The first-order chi connectivity index (χ1) is 11.6. The Morgan fingerprint density at radius 2 is 2.12 bits per heavy atom. The molecule has 128 valence electrons. The molecular formula is C16H20N4O3S. The van der Waals surface area contributed by atoms with E-state index in [1.807, 2.05) is 18.3 Å². The monoisotopic (exact) mass is 348 g/mol. The topological polar surface area (TPSA) is 77.4 Å². The summed E-state index contributed by atoms with van der Waals surface area (Å²) in [6.07, 6.45) is 3.49. The zero-order valence-corrected chi connectivity index (χ0v) is 14.4. The first kappa shape index (κ1) is 17.9. The van der Waals surface area contributed by atoms with E-state index >= 15 is 0 Å². The summed E-state index contributed by atoms with van der Waals surface area (Å²) in [5.41, 5.74) is 2.13. The van der Waals surface area contributed by atoms with Gasteiger partial charge in [0.15, 0.2) is 5.11 Å². The fourth-order valence-corrected chi connectivity index (χ4v) is 2.32. The minimum absolute atomic E-state index is 0.361. The third-order valence-corrected chi connectivity index (χ3v) is 3.48. The molecule has 2 rings (SSSR count). The quantitative estimate of drug-likeness (QED) is 0.447. The average molecular weight is 348 g/mol. The molecule has 0 saturated heterocycles. The van der Waals surface area contributed by atoms with Gasteiger partial charge in [0.05, 0.1) is 37.7 Å². The summed E-state index contributed by atoms with van der Waals surface area (Å²) in [6.45, 7) is 1.66. The predicted molar refractivity (Wildman–Crippen MR) is 95.2 cm³/mol. The Morgan fingerprint density at radius 1 is 1.33 bits per heavy atom. The molecule has 1 aromatic carbocycles. The van der Waals surface area contributed by atoms with Crippen molar-refractivity contribution in [2.24, 2.45) is 0 Å². The Hall–Kier alpha value is -2.45. The second kappa shape index (κ2) is 8.99. The van der Waals surface area contributed by atoms with Crippen LogP contribution in [-0.2, 0) is 16.0 Å². The molecule has 0 amide bonds. The lowest BCUT2D eigenvalue weighted by Gasteiger charge is -2.08. The molecule has 1 aromatic heterocycles. The Balaban J connectivity index is 1.99. The van der Waals surface area contributed by atoms with E-state index in [9.17, 15) is 4.79 Å². The van der Waals surface area contributed by atoms with Gasteiger partial charge in [-0.3, -0.25) is 4.68 Å². The van der Waals surface area contributed by atoms with E-state index in [1.54, 1.807) is 30.1 Å². The Bertz CT molecular complexity index is 702. The first-order valence-corrected chi connectivity index (χ1v) is 7.77. The van der Waals surface area contributed by atoms with Crippen LogP contribution in [-0.4, -0.2) is 48.2 Å². The number of nitrogens with one attached hydrogen (secondary N) is 2. The maximum Gasteiger partial charge on any atom is 0.338 e. The van der Waals surface area contributed by atoms with Crippen LogP contribution in [0.25, 0.3) is 0 Å². The predicted octanol–water partition coefficient (Wildman–Crippen LogP) is 1.65. The molecule has 2 aromatic rings. The third kappa shape index (κ3) is 5.04. The smallest absolute Gasteiger partial charge is 0.338 e.